The van der Waals surface area contributed by atoms with E-state index >= 15 is 0 Å². The van der Waals surface area contributed by atoms with Crippen molar-refractivity contribution in [3.8, 4) is 0 Å². The fraction of sp³-hybridized carbons (Fsp3) is 0.417. The second-order valence-corrected chi connectivity index (χ2v) is 4.49. The molecule has 0 aliphatic heterocycles. The zero-order valence-corrected chi connectivity index (χ0v) is 9.86. The van der Waals surface area contributed by atoms with Gasteiger partial charge in [0.2, 0.25) is 0 Å². The summed E-state index contributed by atoms with van der Waals surface area (Å²) in [7, 11) is 0. The molecule has 0 aliphatic rings. The van der Waals surface area contributed by atoms with E-state index in [9.17, 15) is 4.79 Å². The minimum atomic E-state index is -0.501. The third kappa shape index (κ3) is 4.29. The molecule has 1 aromatic rings. The Bertz CT molecular complexity index is 344. The maximum atomic E-state index is 11.4. The first-order valence-corrected chi connectivity index (χ1v) is 5.11. The van der Waals surface area contributed by atoms with Crippen molar-refractivity contribution in [1.29, 1.82) is 0 Å². The number of nitrogens with zero attached hydrogens (tertiary/aromatic N) is 1. The number of hydrogen-bond acceptors (Lipinski definition) is 3. The molecular formula is C12H17N2O2. The number of carbonyl (C=O) groups is 1. The van der Waals surface area contributed by atoms with Crippen LogP contribution in [0.15, 0.2) is 24.5 Å². The summed E-state index contributed by atoms with van der Waals surface area (Å²) in [4.78, 5) is 15.4. The number of amides is 1. The Labute approximate surface area is 96.0 Å². The van der Waals surface area contributed by atoms with Gasteiger partial charge >= 0.3 is 6.09 Å². The second kappa shape index (κ2) is 4.96. The molecule has 1 radical (unpaired) electrons. The fourth-order valence-corrected chi connectivity index (χ4v) is 1.12. The number of nitrogens with one attached hydrogen (secondary N) is 1. The number of aromatic nitrogens is 1. The molecule has 0 aromatic carbocycles. The minimum Gasteiger partial charge on any atom is -0.444 e. The predicted molar refractivity (Wildman–Crippen MR) is 61.7 cm³/mol. The molecule has 0 aliphatic carbocycles. The molecule has 1 heterocycles. The fourth-order valence-electron chi connectivity index (χ4n) is 1.12. The van der Waals surface area contributed by atoms with Crippen LogP contribution in [-0.2, 0) is 4.74 Å². The largest absolute Gasteiger partial charge is 0.444 e. The lowest BCUT2D eigenvalue weighted by molar-refractivity contribution is 0.0513. The van der Waals surface area contributed by atoms with Crippen LogP contribution >= 0.6 is 0 Å². The van der Waals surface area contributed by atoms with Crippen molar-refractivity contribution >= 4 is 6.09 Å². The highest BCUT2D eigenvalue weighted by molar-refractivity contribution is 5.68. The molecule has 1 rings (SSSR count). The molecule has 1 amide bonds. The first kappa shape index (κ1) is 12.5. The highest BCUT2D eigenvalue weighted by Crippen LogP contribution is 2.12. The predicted octanol–water partition coefficient (Wildman–Crippen LogP) is 2.48. The van der Waals surface area contributed by atoms with E-state index < -0.39 is 11.7 Å². The third-order valence-corrected chi connectivity index (χ3v) is 1.78. The summed E-state index contributed by atoms with van der Waals surface area (Å²) in [5.74, 6) is 0. The molecule has 0 saturated heterocycles. The number of alkyl carbamates (subject to hydrolysis) is 1. The average molecular weight is 221 g/mol. The van der Waals surface area contributed by atoms with Crippen LogP contribution in [0.5, 0.6) is 0 Å². The maximum Gasteiger partial charge on any atom is 0.408 e. The second-order valence-electron chi connectivity index (χ2n) is 4.49. The molecule has 1 aromatic heterocycles. The molecule has 1 atom stereocenters. The van der Waals surface area contributed by atoms with Gasteiger partial charge in [-0.2, -0.15) is 0 Å². The average Bonchev–Trinajstić information content (AvgIpc) is 2.16. The topological polar surface area (TPSA) is 51.2 Å². The zero-order valence-electron chi connectivity index (χ0n) is 9.86. The van der Waals surface area contributed by atoms with E-state index in [4.69, 9.17) is 4.74 Å². The molecule has 0 saturated carbocycles. The molecule has 0 spiro atoms. The monoisotopic (exact) mass is 221 g/mol. The summed E-state index contributed by atoms with van der Waals surface area (Å²) >= 11 is 0. The van der Waals surface area contributed by atoms with Crippen LogP contribution in [0.2, 0.25) is 0 Å². The molecule has 4 nitrogen and oxygen atoms in total. The quantitative estimate of drug-likeness (QED) is 0.834. The molecule has 87 valence electrons. The van der Waals surface area contributed by atoms with Crippen molar-refractivity contribution in [2.24, 2.45) is 0 Å². The summed E-state index contributed by atoms with van der Waals surface area (Å²) in [5, 5.41) is 2.64. The SMILES string of the molecule is [CH2]C(NC(=O)OC(C)(C)C)c1cccnc1. The number of pyridine rings is 1. The Morgan fingerprint density at radius 1 is 1.56 bits per heavy atom. The normalized spacial score (nSPS) is 13.0. The van der Waals surface area contributed by atoms with Crippen LogP contribution in [0.25, 0.3) is 0 Å². The van der Waals surface area contributed by atoms with Crippen molar-refractivity contribution in [3.05, 3.63) is 37.0 Å². The lowest BCUT2D eigenvalue weighted by Crippen LogP contribution is -2.34. The van der Waals surface area contributed by atoms with E-state index in [1.165, 1.54) is 0 Å². The van der Waals surface area contributed by atoms with Gasteiger partial charge in [0.05, 0.1) is 6.04 Å². The van der Waals surface area contributed by atoms with E-state index in [1.807, 2.05) is 26.8 Å². The molecule has 0 fully saturated rings. The van der Waals surface area contributed by atoms with Crippen molar-refractivity contribution in [1.82, 2.24) is 10.3 Å². The van der Waals surface area contributed by atoms with Gasteiger partial charge in [-0.25, -0.2) is 4.79 Å². The Morgan fingerprint density at radius 2 is 2.25 bits per heavy atom. The molecule has 16 heavy (non-hydrogen) atoms. The summed E-state index contributed by atoms with van der Waals surface area (Å²) in [6, 6.07) is 3.29. The van der Waals surface area contributed by atoms with Crippen LogP contribution < -0.4 is 5.32 Å². The standard InChI is InChI=1S/C12H17N2O2/c1-9(10-6-5-7-13-8-10)14-11(15)16-12(2,3)4/h5-9H,1H2,2-4H3,(H,14,15). The Kier molecular flexibility index (Phi) is 3.88. The molecule has 1 N–H and O–H groups in total. The highest BCUT2D eigenvalue weighted by Gasteiger charge is 2.18. The zero-order chi connectivity index (χ0) is 12.2. The molecule has 1 unspecified atom stereocenters. The van der Waals surface area contributed by atoms with Gasteiger partial charge in [-0.1, -0.05) is 6.07 Å². The van der Waals surface area contributed by atoms with Gasteiger partial charge in [0.15, 0.2) is 0 Å². The van der Waals surface area contributed by atoms with E-state index in [0.29, 0.717) is 0 Å². The van der Waals surface area contributed by atoms with Gasteiger partial charge < -0.3 is 10.1 Å². The minimum absolute atomic E-state index is 0.358. The number of ether oxygens (including phenoxy) is 1. The van der Waals surface area contributed by atoms with Crippen molar-refractivity contribution in [2.45, 2.75) is 32.4 Å². The lowest BCUT2D eigenvalue weighted by atomic mass is 10.1. The van der Waals surface area contributed by atoms with Crippen LogP contribution in [0, 0.1) is 6.92 Å². The number of rotatable bonds is 2. The van der Waals surface area contributed by atoms with Crippen molar-refractivity contribution < 1.29 is 9.53 Å². The highest BCUT2D eigenvalue weighted by atomic mass is 16.6. The van der Waals surface area contributed by atoms with Gasteiger partial charge in [-0.3, -0.25) is 4.98 Å². The van der Waals surface area contributed by atoms with E-state index in [2.05, 4.69) is 17.2 Å². The summed E-state index contributed by atoms with van der Waals surface area (Å²) in [6.07, 6.45) is 2.86. The van der Waals surface area contributed by atoms with E-state index in [1.54, 1.807) is 18.5 Å². The lowest BCUT2D eigenvalue weighted by Gasteiger charge is -2.21. The van der Waals surface area contributed by atoms with Crippen LogP contribution in [0.1, 0.15) is 32.4 Å². The molecule has 0 bridgehead atoms. The number of carbonyl (C=O) groups excluding carboxylic acids is 1. The van der Waals surface area contributed by atoms with Gasteiger partial charge in [-0.15, -0.1) is 0 Å². The first-order chi connectivity index (χ1) is 7.38. The Hall–Kier alpha value is -1.58. The molecule has 4 heteroatoms. The first-order valence-electron chi connectivity index (χ1n) is 5.11. The van der Waals surface area contributed by atoms with Crippen molar-refractivity contribution in [2.75, 3.05) is 0 Å². The van der Waals surface area contributed by atoms with Crippen LogP contribution in [0.4, 0.5) is 4.79 Å². The molecular weight excluding hydrogens is 204 g/mol. The summed E-state index contributed by atoms with van der Waals surface area (Å²) in [6.45, 7) is 9.27. The van der Waals surface area contributed by atoms with E-state index in [0.717, 1.165) is 5.56 Å². The third-order valence-electron chi connectivity index (χ3n) is 1.78. The van der Waals surface area contributed by atoms with Crippen LogP contribution in [-0.4, -0.2) is 16.7 Å². The van der Waals surface area contributed by atoms with Crippen LogP contribution in [0.3, 0.4) is 0 Å². The van der Waals surface area contributed by atoms with E-state index in [-0.39, 0.29) is 6.04 Å². The number of hydrogen-bond donors (Lipinski definition) is 1. The Balaban J connectivity index is 2.52. The summed E-state index contributed by atoms with van der Waals surface area (Å²) < 4.78 is 5.12. The van der Waals surface area contributed by atoms with Gasteiger partial charge in [0.1, 0.15) is 5.60 Å². The van der Waals surface area contributed by atoms with Gasteiger partial charge in [0.25, 0.3) is 0 Å². The Morgan fingerprint density at radius 3 is 2.75 bits per heavy atom. The summed E-state index contributed by atoms with van der Waals surface area (Å²) in [5.41, 5.74) is 0.340. The van der Waals surface area contributed by atoms with Gasteiger partial charge in [0, 0.05) is 12.4 Å². The maximum absolute atomic E-state index is 11.4. The van der Waals surface area contributed by atoms with Crippen molar-refractivity contribution in [3.63, 3.8) is 0 Å². The van der Waals surface area contributed by atoms with Gasteiger partial charge in [-0.05, 0) is 39.3 Å². The smallest absolute Gasteiger partial charge is 0.408 e.